The smallest absolute Gasteiger partial charge is 0.142 e. The molecule has 0 radical (unpaired) electrons. The van der Waals surface area contributed by atoms with E-state index in [2.05, 4.69) is 10.2 Å². The molecule has 1 N–H and O–H groups in total. The molecule has 0 bridgehead atoms. The predicted octanol–water partition coefficient (Wildman–Crippen LogP) is 3.69. The molecule has 1 aromatic heterocycles. The first-order chi connectivity index (χ1) is 6.68. The molecule has 0 amide bonds. The normalized spacial score (nSPS) is 9.79. The third kappa shape index (κ3) is 1.87. The average Bonchev–Trinajstić information content (AvgIpc) is 2.53. The zero-order valence-corrected chi connectivity index (χ0v) is 9.11. The van der Waals surface area contributed by atoms with Crippen molar-refractivity contribution in [3.63, 3.8) is 0 Å². The Hall–Kier alpha value is -1.09. The minimum absolute atomic E-state index is 0.106. The molecule has 0 atom stereocenters. The molecule has 76 valence electrons. The molecule has 0 spiro atoms. The van der Waals surface area contributed by atoms with E-state index in [0.717, 1.165) is 11.1 Å². The summed E-state index contributed by atoms with van der Waals surface area (Å²) in [6, 6.07) is 2.90. The fraction of sp³-hybridized carbons (Fsp3) is 0.300. The number of halogens is 2. The Kier molecular flexibility index (Phi) is 3.47. The number of rotatable bonds is 0. The van der Waals surface area contributed by atoms with Gasteiger partial charge >= 0.3 is 0 Å². The largest absolute Gasteiger partial charge is 0.282 e. The zero-order chi connectivity index (χ0) is 10.7. The second-order valence-electron chi connectivity index (χ2n) is 2.63. The lowest BCUT2D eigenvalue weighted by molar-refractivity contribution is 0.630. The number of H-pyrrole nitrogens is 1. The highest BCUT2D eigenvalue weighted by Crippen LogP contribution is 2.22. The van der Waals surface area contributed by atoms with Crippen molar-refractivity contribution in [2.75, 3.05) is 0 Å². The number of fused-ring (bicyclic) bond motifs is 1. The topological polar surface area (TPSA) is 28.7 Å². The van der Waals surface area contributed by atoms with E-state index in [4.69, 9.17) is 11.6 Å². The van der Waals surface area contributed by atoms with Gasteiger partial charge in [-0.25, -0.2) is 4.39 Å². The maximum Gasteiger partial charge on any atom is 0.142 e. The lowest BCUT2D eigenvalue weighted by atomic mass is 10.2. The highest BCUT2D eigenvalue weighted by molar-refractivity contribution is 6.31. The maximum atomic E-state index is 12.9. The molecule has 2 rings (SSSR count). The van der Waals surface area contributed by atoms with Crippen LogP contribution in [0.5, 0.6) is 0 Å². The molecule has 2 nitrogen and oxygen atoms in total. The summed E-state index contributed by atoms with van der Waals surface area (Å²) >= 11 is 5.57. The van der Waals surface area contributed by atoms with Gasteiger partial charge in [0.25, 0.3) is 0 Å². The Morgan fingerprint density at radius 2 is 2.00 bits per heavy atom. The summed E-state index contributed by atoms with van der Waals surface area (Å²) in [5.74, 6) is -0.409. The molecule has 0 aliphatic heterocycles. The fourth-order valence-electron chi connectivity index (χ4n) is 1.13. The van der Waals surface area contributed by atoms with Crippen molar-refractivity contribution in [1.29, 1.82) is 0 Å². The van der Waals surface area contributed by atoms with Crippen molar-refractivity contribution in [3.05, 3.63) is 28.7 Å². The number of hydrogen-bond acceptors (Lipinski definition) is 1. The summed E-state index contributed by atoms with van der Waals surface area (Å²) in [5, 5.41) is 7.58. The van der Waals surface area contributed by atoms with E-state index < -0.39 is 5.82 Å². The second kappa shape index (κ2) is 4.42. The van der Waals surface area contributed by atoms with E-state index in [-0.39, 0.29) is 5.02 Å². The minimum Gasteiger partial charge on any atom is -0.282 e. The predicted molar refractivity (Wildman–Crippen MR) is 57.1 cm³/mol. The van der Waals surface area contributed by atoms with Crippen molar-refractivity contribution in [1.82, 2.24) is 10.2 Å². The molecule has 0 unspecified atom stereocenters. The van der Waals surface area contributed by atoms with Crippen LogP contribution in [0, 0.1) is 12.7 Å². The Balaban J connectivity index is 0.000000461. The SMILES string of the molecule is CC.Cc1[nH]nc2cc(Cl)c(F)cc12. The summed E-state index contributed by atoms with van der Waals surface area (Å²) in [6.45, 7) is 5.84. The number of nitrogens with zero attached hydrogens (tertiary/aromatic N) is 1. The van der Waals surface area contributed by atoms with Gasteiger partial charge in [-0.2, -0.15) is 5.10 Å². The van der Waals surface area contributed by atoms with Gasteiger partial charge in [-0.3, -0.25) is 5.10 Å². The molecular weight excluding hydrogens is 203 g/mol. The molecule has 2 aromatic rings. The third-order valence-corrected chi connectivity index (χ3v) is 2.08. The number of benzene rings is 1. The summed E-state index contributed by atoms with van der Waals surface area (Å²) in [6.07, 6.45) is 0. The highest BCUT2D eigenvalue weighted by Gasteiger charge is 2.06. The molecule has 0 aliphatic rings. The van der Waals surface area contributed by atoms with E-state index >= 15 is 0 Å². The number of aryl methyl sites for hydroxylation is 1. The molecule has 0 saturated heterocycles. The molecular formula is C10H12ClFN2. The van der Waals surface area contributed by atoms with Gasteiger partial charge in [0.2, 0.25) is 0 Å². The van der Waals surface area contributed by atoms with E-state index in [1.165, 1.54) is 12.1 Å². The number of hydrogen-bond donors (Lipinski definition) is 1. The van der Waals surface area contributed by atoms with Gasteiger partial charge in [0, 0.05) is 11.1 Å². The summed E-state index contributed by atoms with van der Waals surface area (Å²) in [5.41, 5.74) is 1.54. The first-order valence-corrected chi connectivity index (χ1v) is 4.86. The van der Waals surface area contributed by atoms with E-state index in [9.17, 15) is 4.39 Å². The quantitative estimate of drug-likeness (QED) is 0.712. The minimum atomic E-state index is -0.409. The first kappa shape index (κ1) is 11.0. The van der Waals surface area contributed by atoms with Crippen LogP contribution in [0.4, 0.5) is 4.39 Å². The van der Waals surface area contributed by atoms with Crippen molar-refractivity contribution >= 4 is 22.5 Å². The summed E-state index contributed by atoms with van der Waals surface area (Å²) in [7, 11) is 0. The molecule has 0 fully saturated rings. The molecule has 0 saturated carbocycles. The standard InChI is InChI=1S/C8H6ClFN2.C2H6/c1-4-5-2-7(10)6(9)3-8(5)12-11-4;1-2/h2-3H,1H3,(H,11,12);1-2H3. The van der Waals surface area contributed by atoms with Gasteiger partial charge in [0.05, 0.1) is 10.5 Å². The van der Waals surface area contributed by atoms with Crippen molar-refractivity contribution in [2.45, 2.75) is 20.8 Å². The van der Waals surface area contributed by atoms with Gasteiger partial charge < -0.3 is 0 Å². The molecule has 4 heteroatoms. The van der Waals surface area contributed by atoms with Gasteiger partial charge in [-0.05, 0) is 19.1 Å². The highest BCUT2D eigenvalue weighted by atomic mass is 35.5. The monoisotopic (exact) mass is 214 g/mol. The molecule has 1 aromatic carbocycles. The first-order valence-electron chi connectivity index (χ1n) is 4.48. The van der Waals surface area contributed by atoms with Gasteiger partial charge in [-0.1, -0.05) is 25.4 Å². The lowest BCUT2D eigenvalue weighted by Crippen LogP contribution is -1.77. The van der Waals surface area contributed by atoms with Crippen molar-refractivity contribution in [3.8, 4) is 0 Å². The zero-order valence-electron chi connectivity index (χ0n) is 8.36. The van der Waals surface area contributed by atoms with Crippen LogP contribution in [0.2, 0.25) is 5.02 Å². The van der Waals surface area contributed by atoms with E-state index in [0.29, 0.717) is 5.52 Å². The fourth-order valence-corrected chi connectivity index (χ4v) is 1.29. The Bertz CT molecular complexity index is 437. The van der Waals surface area contributed by atoms with Crippen molar-refractivity contribution < 1.29 is 4.39 Å². The Morgan fingerprint density at radius 3 is 2.64 bits per heavy atom. The van der Waals surface area contributed by atoms with Crippen LogP contribution in [-0.2, 0) is 0 Å². The van der Waals surface area contributed by atoms with E-state index in [1.54, 1.807) is 0 Å². The van der Waals surface area contributed by atoms with Crippen LogP contribution < -0.4 is 0 Å². The second-order valence-corrected chi connectivity index (χ2v) is 3.04. The van der Waals surface area contributed by atoms with Gasteiger partial charge in [0.1, 0.15) is 5.82 Å². The van der Waals surface area contributed by atoms with Crippen LogP contribution in [0.1, 0.15) is 19.5 Å². The molecule has 1 heterocycles. The Labute approximate surface area is 87.1 Å². The number of aromatic nitrogens is 2. The Morgan fingerprint density at radius 1 is 1.36 bits per heavy atom. The average molecular weight is 215 g/mol. The van der Waals surface area contributed by atoms with Crippen LogP contribution >= 0.6 is 11.6 Å². The summed E-state index contributed by atoms with van der Waals surface area (Å²) < 4.78 is 12.9. The number of nitrogens with one attached hydrogen (secondary N) is 1. The van der Waals surface area contributed by atoms with E-state index in [1.807, 2.05) is 20.8 Å². The molecule has 14 heavy (non-hydrogen) atoms. The van der Waals surface area contributed by atoms with Gasteiger partial charge in [0.15, 0.2) is 0 Å². The van der Waals surface area contributed by atoms with Crippen molar-refractivity contribution in [2.24, 2.45) is 0 Å². The number of aromatic amines is 1. The maximum absolute atomic E-state index is 12.9. The van der Waals surface area contributed by atoms with Crippen LogP contribution in [0.25, 0.3) is 10.9 Å². The lowest BCUT2D eigenvalue weighted by Gasteiger charge is -1.93. The van der Waals surface area contributed by atoms with Crippen LogP contribution in [0.3, 0.4) is 0 Å². The molecule has 0 aliphatic carbocycles. The third-order valence-electron chi connectivity index (χ3n) is 1.79. The van der Waals surface area contributed by atoms with Gasteiger partial charge in [-0.15, -0.1) is 0 Å². The van der Waals surface area contributed by atoms with Crippen LogP contribution in [0.15, 0.2) is 12.1 Å². The summed E-state index contributed by atoms with van der Waals surface area (Å²) in [4.78, 5) is 0. The van der Waals surface area contributed by atoms with Crippen LogP contribution in [-0.4, -0.2) is 10.2 Å².